The van der Waals surface area contributed by atoms with E-state index in [2.05, 4.69) is 10.4 Å². The lowest BCUT2D eigenvalue weighted by Crippen LogP contribution is -2.46. The van der Waals surface area contributed by atoms with Gasteiger partial charge in [0.25, 0.3) is 5.91 Å². The summed E-state index contributed by atoms with van der Waals surface area (Å²) < 4.78 is 0. The number of pyridine rings is 1. The van der Waals surface area contributed by atoms with Crippen molar-refractivity contribution in [3.63, 3.8) is 0 Å². The number of aromatic nitrogens is 1. The van der Waals surface area contributed by atoms with Crippen LogP contribution in [0.4, 0.5) is 5.69 Å². The Morgan fingerprint density at radius 1 is 1.53 bits per heavy atom. The van der Waals surface area contributed by atoms with E-state index in [0.717, 1.165) is 6.08 Å². The summed E-state index contributed by atoms with van der Waals surface area (Å²) in [5, 5.41) is 11.1. The van der Waals surface area contributed by atoms with Gasteiger partial charge in [0.15, 0.2) is 0 Å². The summed E-state index contributed by atoms with van der Waals surface area (Å²) in [5.74, 6) is -0.359. The van der Waals surface area contributed by atoms with Crippen molar-refractivity contribution < 1.29 is 9.90 Å². The monoisotopic (exact) mass is 225 g/mol. The summed E-state index contributed by atoms with van der Waals surface area (Å²) in [6.07, 6.45) is 2.65. The number of aliphatic hydroxyl groups is 1. The highest BCUT2D eigenvalue weighted by molar-refractivity contribution is 6.29. The number of carbonyl (C=O) groups is 1. The van der Waals surface area contributed by atoms with Crippen LogP contribution in [0.1, 0.15) is 0 Å². The Labute approximate surface area is 91.0 Å². The molecular formula is C9H8ClN3O2. The van der Waals surface area contributed by atoms with E-state index >= 15 is 0 Å². The van der Waals surface area contributed by atoms with Gasteiger partial charge in [0.2, 0.25) is 0 Å². The number of hydrogen-bond donors (Lipinski definition) is 2. The lowest BCUT2D eigenvalue weighted by molar-refractivity contribution is -0.117. The smallest absolute Gasteiger partial charge is 0.265 e. The molecule has 1 amide bonds. The molecule has 0 saturated carbocycles. The highest BCUT2D eigenvalue weighted by Crippen LogP contribution is 2.15. The second-order valence-corrected chi connectivity index (χ2v) is 3.42. The van der Waals surface area contributed by atoms with E-state index in [0.29, 0.717) is 10.8 Å². The number of nitrogens with one attached hydrogen (secondary N) is 1. The number of nitrogens with zero attached hydrogens (tertiary/aromatic N) is 2. The highest BCUT2D eigenvalue weighted by Gasteiger charge is 2.16. The van der Waals surface area contributed by atoms with E-state index in [1.165, 1.54) is 11.2 Å². The fourth-order valence-corrected chi connectivity index (χ4v) is 1.36. The van der Waals surface area contributed by atoms with Crippen LogP contribution in [-0.4, -0.2) is 22.5 Å². The van der Waals surface area contributed by atoms with E-state index in [4.69, 9.17) is 11.6 Å². The summed E-state index contributed by atoms with van der Waals surface area (Å²) in [7, 11) is 0. The van der Waals surface area contributed by atoms with Crippen LogP contribution in [0, 0.1) is 0 Å². The van der Waals surface area contributed by atoms with Crippen molar-refractivity contribution >= 4 is 23.2 Å². The molecule has 0 atom stereocenters. The SMILES string of the molecule is O=C1C=C(O)CN(c2ccc(Cl)nc2)N1. The first-order chi connectivity index (χ1) is 7.15. The predicted molar refractivity (Wildman–Crippen MR) is 55.4 cm³/mol. The molecular weight excluding hydrogens is 218 g/mol. The molecule has 0 unspecified atom stereocenters. The van der Waals surface area contributed by atoms with E-state index in [-0.39, 0.29) is 18.2 Å². The third-order valence-electron chi connectivity index (χ3n) is 1.89. The topological polar surface area (TPSA) is 65.5 Å². The molecule has 0 fully saturated rings. The molecule has 2 heterocycles. The van der Waals surface area contributed by atoms with Crippen molar-refractivity contribution in [2.45, 2.75) is 0 Å². The van der Waals surface area contributed by atoms with Gasteiger partial charge in [-0.05, 0) is 12.1 Å². The molecule has 1 aliphatic rings. The Morgan fingerprint density at radius 2 is 2.33 bits per heavy atom. The number of amides is 1. The van der Waals surface area contributed by atoms with Gasteiger partial charge in [0.1, 0.15) is 10.9 Å². The van der Waals surface area contributed by atoms with Gasteiger partial charge in [-0.25, -0.2) is 4.98 Å². The third-order valence-corrected chi connectivity index (χ3v) is 2.11. The summed E-state index contributed by atoms with van der Waals surface area (Å²) in [6.45, 7) is 0.217. The largest absolute Gasteiger partial charge is 0.510 e. The van der Waals surface area contributed by atoms with Gasteiger partial charge in [-0.2, -0.15) is 0 Å². The number of halogens is 1. The van der Waals surface area contributed by atoms with Crippen LogP contribution in [0.2, 0.25) is 5.15 Å². The quantitative estimate of drug-likeness (QED) is 0.701. The fourth-order valence-electron chi connectivity index (χ4n) is 1.25. The van der Waals surface area contributed by atoms with Crippen LogP contribution in [0.25, 0.3) is 0 Å². The normalized spacial score (nSPS) is 15.9. The number of rotatable bonds is 1. The third kappa shape index (κ3) is 2.19. The minimum Gasteiger partial charge on any atom is -0.510 e. The zero-order valence-electron chi connectivity index (χ0n) is 7.64. The average Bonchev–Trinajstić information content (AvgIpc) is 2.17. The summed E-state index contributed by atoms with van der Waals surface area (Å²) in [5.41, 5.74) is 3.22. The second-order valence-electron chi connectivity index (χ2n) is 3.04. The van der Waals surface area contributed by atoms with Gasteiger partial charge in [-0.1, -0.05) is 11.6 Å². The molecule has 2 N–H and O–H groups in total. The number of aliphatic hydroxyl groups excluding tert-OH is 1. The molecule has 0 radical (unpaired) electrons. The molecule has 2 rings (SSSR count). The van der Waals surface area contributed by atoms with E-state index < -0.39 is 0 Å². The standard InChI is InChI=1S/C9H8ClN3O2/c10-8-2-1-6(4-11-8)13-5-7(14)3-9(15)12-13/h1-4,14H,5H2,(H,12,15). The molecule has 0 aliphatic carbocycles. The van der Waals surface area contributed by atoms with Gasteiger partial charge < -0.3 is 5.11 Å². The Kier molecular flexibility index (Phi) is 2.47. The first kappa shape index (κ1) is 9.79. The number of hydrazine groups is 1. The molecule has 0 saturated heterocycles. The molecule has 0 bridgehead atoms. The van der Waals surface area contributed by atoms with Crippen LogP contribution in [0.3, 0.4) is 0 Å². The van der Waals surface area contributed by atoms with Crippen molar-refractivity contribution in [3.8, 4) is 0 Å². The molecule has 0 aromatic carbocycles. The molecule has 78 valence electrons. The minimum absolute atomic E-state index is 0.00806. The average molecular weight is 226 g/mol. The van der Waals surface area contributed by atoms with Crippen LogP contribution < -0.4 is 10.4 Å². The maximum atomic E-state index is 11.1. The Bertz CT molecular complexity index is 416. The predicted octanol–water partition coefficient (Wildman–Crippen LogP) is 1.03. The molecule has 15 heavy (non-hydrogen) atoms. The summed E-state index contributed by atoms with van der Waals surface area (Å²) in [6, 6.07) is 3.31. The van der Waals surface area contributed by atoms with E-state index in [1.807, 2.05) is 0 Å². The van der Waals surface area contributed by atoms with Crippen molar-refractivity contribution in [2.24, 2.45) is 0 Å². The van der Waals surface area contributed by atoms with Gasteiger partial charge >= 0.3 is 0 Å². The number of carbonyl (C=O) groups excluding carboxylic acids is 1. The Morgan fingerprint density at radius 3 is 2.93 bits per heavy atom. The van der Waals surface area contributed by atoms with Gasteiger partial charge in [-0.3, -0.25) is 15.2 Å². The highest BCUT2D eigenvalue weighted by atomic mass is 35.5. The van der Waals surface area contributed by atoms with Crippen LogP contribution >= 0.6 is 11.6 Å². The van der Waals surface area contributed by atoms with Crippen molar-refractivity contribution in [2.75, 3.05) is 11.6 Å². The second kappa shape index (κ2) is 3.78. The molecule has 1 aromatic rings. The molecule has 5 nitrogen and oxygen atoms in total. The zero-order valence-corrected chi connectivity index (χ0v) is 8.40. The van der Waals surface area contributed by atoms with Crippen LogP contribution in [0.5, 0.6) is 0 Å². The fraction of sp³-hybridized carbons (Fsp3) is 0.111. The summed E-state index contributed by atoms with van der Waals surface area (Å²) >= 11 is 5.63. The van der Waals surface area contributed by atoms with Crippen molar-refractivity contribution in [1.82, 2.24) is 10.4 Å². The Hall–Kier alpha value is -1.75. The van der Waals surface area contributed by atoms with Gasteiger partial charge in [-0.15, -0.1) is 0 Å². The lowest BCUT2D eigenvalue weighted by atomic mass is 10.3. The van der Waals surface area contributed by atoms with Gasteiger partial charge in [0.05, 0.1) is 18.4 Å². The van der Waals surface area contributed by atoms with Crippen LogP contribution in [0.15, 0.2) is 30.2 Å². The van der Waals surface area contributed by atoms with Crippen molar-refractivity contribution in [1.29, 1.82) is 0 Å². The Balaban J connectivity index is 2.22. The zero-order chi connectivity index (χ0) is 10.8. The molecule has 0 spiro atoms. The first-order valence-corrected chi connectivity index (χ1v) is 4.62. The van der Waals surface area contributed by atoms with Crippen molar-refractivity contribution in [3.05, 3.63) is 35.3 Å². The number of hydrogen-bond acceptors (Lipinski definition) is 4. The molecule has 1 aliphatic heterocycles. The molecule has 1 aromatic heterocycles. The van der Waals surface area contributed by atoms with Crippen LogP contribution in [-0.2, 0) is 4.79 Å². The molecule has 6 heteroatoms. The van der Waals surface area contributed by atoms with E-state index in [9.17, 15) is 9.90 Å². The maximum Gasteiger partial charge on any atom is 0.265 e. The number of anilines is 1. The summed E-state index contributed by atoms with van der Waals surface area (Å²) in [4.78, 5) is 15.0. The first-order valence-electron chi connectivity index (χ1n) is 4.24. The van der Waals surface area contributed by atoms with E-state index in [1.54, 1.807) is 12.1 Å². The minimum atomic E-state index is -0.367. The maximum absolute atomic E-state index is 11.1. The lowest BCUT2D eigenvalue weighted by Gasteiger charge is -2.26. The van der Waals surface area contributed by atoms with Gasteiger partial charge in [0, 0.05) is 6.08 Å².